The Kier molecular flexibility index (Phi) is 9.73. The lowest BCUT2D eigenvalue weighted by molar-refractivity contribution is 0.409. The summed E-state index contributed by atoms with van der Waals surface area (Å²) in [4.78, 5) is 9.80. The molecule has 0 radical (unpaired) electrons. The molecule has 0 saturated heterocycles. The first-order valence-electron chi connectivity index (χ1n) is 14.8. The van der Waals surface area contributed by atoms with Crippen LogP contribution in [-0.2, 0) is 12.8 Å². The van der Waals surface area contributed by atoms with Crippen molar-refractivity contribution < 1.29 is 10.2 Å². The lowest BCUT2D eigenvalue weighted by Gasteiger charge is -2.21. The fourth-order valence-corrected chi connectivity index (χ4v) is 5.57. The van der Waals surface area contributed by atoms with Gasteiger partial charge in [0, 0.05) is 23.6 Å². The SMILES string of the molecule is CC(C)c1cc(CC(C)(C)C)cc(C=NC2CCC(N=Cc3cc(CC(C)(C)C)cc(C(C)C)c3O)C2)c1O. The molecule has 1 aliphatic carbocycles. The van der Waals surface area contributed by atoms with E-state index in [1.165, 1.54) is 11.1 Å². The molecule has 4 heteroatoms. The summed E-state index contributed by atoms with van der Waals surface area (Å²) in [6.07, 6.45) is 8.50. The number of hydrogen-bond acceptors (Lipinski definition) is 4. The van der Waals surface area contributed by atoms with Crippen LogP contribution in [0.15, 0.2) is 34.3 Å². The summed E-state index contributed by atoms with van der Waals surface area (Å²) in [5.41, 5.74) is 6.44. The highest BCUT2D eigenvalue weighted by Gasteiger charge is 2.24. The first-order valence-corrected chi connectivity index (χ1v) is 14.8. The number of aliphatic imine (C=N–C) groups is 2. The van der Waals surface area contributed by atoms with Crippen LogP contribution in [0.5, 0.6) is 11.5 Å². The zero-order valence-corrected chi connectivity index (χ0v) is 26.1. The van der Waals surface area contributed by atoms with Crippen molar-refractivity contribution in [1.29, 1.82) is 0 Å². The van der Waals surface area contributed by atoms with Gasteiger partial charge in [-0.05, 0) is 89.2 Å². The first kappa shape index (κ1) is 30.9. The molecule has 1 fully saturated rings. The largest absolute Gasteiger partial charge is 0.507 e. The fourth-order valence-electron chi connectivity index (χ4n) is 5.57. The molecule has 1 saturated carbocycles. The molecule has 1 aliphatic rings. The van der Waals surface area contributed by atoms with Gasteiger partial charge in [-0.25, -0.2) is 0 Å². The second-order valence-corrected chi connectivity index (χ2v) is 14.7. The second kappa shape index (κ2) is 12.3. The van der Waals surface area contributed by atoms with Crippen molar-refractivity contribution in [3.05, 3.63) is 57.6 Å². The maximum atomic E-state index is 11.0. The van der Waals surface area contributed by atoms with Crippen LogP contribution in [0.25, 0.3) is 0 Å². The van der Waals surface area contributed by atoms with Crippen molar-refractivity contribution in [2.45, 2.75) is 125 Å². The topological polar surface area (TPSA) is 65.2 Å². The fraction of sp³-hybridized carbons (Fsp3) is 0.600. The zero-order valence-electron chi connectivity index (χ0n) is 26.1. The van der Waals surface area contributed by atoms with Crippen LogP contribution in [-0.4, -0.2) is 34.7 Å². The van der Waals surface area contributed by atoms with Gasteiger partial charge in [-0.1, -0.05) is 81.4 Å². The van der Waals surface area contributed by atoms with E-state index < -0.39 is 0 Å². The Morgan fingerprint density at radius 1 is 0.692 bits per heavy atom. The Bertz CT molecular complexity index is 1100. The van der Waals surface area contributed by atoms with Crippen LogP contribution in [0.4, 0.5) is 0 Å². The number of aromatic hydroxyl groups is 2. The third kappa shape index (κ3) is 8.95. The summed E-state index contributed by atoms with van der Waals surface area (Å²) in [7, 11) is 0. The van der Waals surface area contributed by atoms with Crippen LogP contribution in [0.2, 0.25) is 0 Å². The van der Waals surface area contributed by atoms with Gasteiger partial charge in [-0.3, -0.25) is 9.98 Å². The lowest BCUT2D eigenvalue weighted by Crippen LogP contribution is -2.10. The molecule has 0 aliphatic heterocycles. The Morgan fingerprint density at radius 2 is 1.05 bits per heavy atom. The molecule has 39 heavy (non-hydrogen) atoms. The van der Waals surface area contributed by atoms with Crippen molar-refractivity contribution in [3.63, 3.8) is 0 Å². The van der Waals surface area contributed by atoms with Gasteiger partial charge < -0.3 is 10.2 Å². The van der Waals surface area contributed by atoms with Crippen molar-refractivity contribution in [2.24, 2.45) is 20.8 Å². The minimum Gasteiger partial charge on any atom is -0.507 e. The van der Waals surface area contributed by atoms with E-state index in [-0.39, 0.29) is 34.7 Å². The molecule has 0 amide bonds. The predicted octanol–water partition coefficient (Wildman–Crippen LogP) is 8.98. The highest BCUT2D eigenvalue weighted by atomic mass is 16.3. The van der Waals surface area contributed by atoms with Crippen LogP contribution >= 0.6 is 0 Å². The van der Waals surface area contributed by atoms with Gasteiger partial charge in [0.05, 0.1) is 12.1 Å². The summed E-state index contributed by atoms with van der Waals surface area (Å²) >= 11 is 0. The second-order valence-electron chi connectivity index (χ2n) is 14.7. The van der Waals surface area contributed by atoms with Gasteiger partial charge in [0.15, 0.2) is 0 Å². The molecule has 214 valence electrons. The molecule has 0 bridgehead atoms. The van der Waals surface area contributed by atoms with Gasteiger partial charge in [-0.15, -0.1) is 0 Å². The number of benzene rings is 2. The number of rotatable bonds is 8. The van der Waals surface area contributed by atoms with Gasteiger partial charge >= 0.3 is 0 Å². The molecule has 2 atom stereocenters. The molecule has 0 spiro atoms. The Morgan fingerprint density at radius 3 is 1.36 bits per heavy atom. The number of hydrogen-bond donors (Lipinski definition) is 2. The van der Waals surface area contributed by atoms with Crippen LogP contribution in [0.1, 0.15) is 134 Å². The molecule has 4 nitrogen and oxygen atoms in total. The van der Waals surface area contributed by atoms with E-state index in [1.807, 2.05) is 12.4 Å². The summed E-state index contributed by atoms with van der Waals surface area (Å²) in [5, 5.41) is 21.9. The third-order valence-corrected chi connectivity index (χ3v) is 7.40. The van der Waals surface area contributed by atoms with Crippen molar-refractivity contribution in [1.82, 2.24) is 0 Å². The first-order chi connectivity index (χ1) is 18.0. The van der Waals surface area contributed by atoms with E-state index in [1.54, 1.807) is 0 Å². The molecule has 0 heterocycles. The van der Waals surface area contributed by atoms with E-state index in [9.17, 15) is 10.2 Å². The standard InChI is InChI=1S/C35H52N2O2/c1-22(2)30-15-24(18-34(5,6)7)13-26(32(30)38)20-36-28-11-12-29(17-28)37-21-27-14-25(19-35(8,9)10)16-31(23(3)4)33(27)39/h13-16,20-23,28-29,38-39H,11-12,17-19H2,1-10H3. The summed E-state index contributed by atoms with van der Waals surface area (Å²) in [5.74, 6) is 1.20. The number of phenolic OH excluding ortho intramolecular Hbond substituents is 2. The van der Waals surface area contributed by atoms with E-state index in [0.717, 1.165) is 54.4 Å². The molecule has 3 rings (SSSR count). The average Bonchev–Trinajstić information content (AvgIpc) is 3.24. The quantitative estimate of drug-likeness (QED) is 0.333. The summed E-state index contributed by atoms with van der Waals surface area (Å²) in [6, 6.07) is 8.87. The Labute approximate surface area is 237 Å². The van der Waals surface area contributed by atoms with Crippen molar-refractivity contribution in [3.8, 4) is 11.5 Å². The van der Waals surface area contributed by atoms with Gasteiger partial charge in [-0.2, -0.15) is 0 Å². The van der Waals surface area contributed by atoms with E-state index in [2.05, 4.69) is 93.5 Å². The highest BCUT2D eigenvalue weighted by Crippen LogP contribution is 2.34. The number of nitrogens with zero attached hydrogens (tertiary/aromatic N) is 2. The summed E-state index contributed by atoms with van der Waals surface area (Å²) in [6.45, 7) is 21.9. The smallest absolute Gasteiger partial charge is 0.127 e. The maximum Gasteiger partial charge on any atom is 0.127 e. The Balaban J connectivity index is 1.77. The molecule has 2 aromatic carbocycles. The van der Waals surface area contributed by atoms with E-state index in [4.69, 9.17) is 9.98 Å². The zero-order chi connectivity index (χ0) is 29.1. The average molecular weight is 533 g/mol. The molecule has 2 aromatic rings. The highest BCUT2D eigenvalue weighted by molar-refractivity contribution is 5.85. The Hall–Kier alpha value is -2.62. The monoisotopic (exact) mass is 532 g/mol. The van der Waals surface area contributed by atoms with Crippen LogP contribution in [0.3, 0.4) is 0 Å². The minimum atomic E-state index is 0.174. The normalized spacial score (nSPS) is 18.9. The van der Waals surface area contributed by atoms with Gasteiger partial charge in [0.25, 0.3) is 0 Å². The third-order valence-electron chi connectivity index (χ3n) is 7.40. The van der Waals surface area contributed by atoms with Crippen molar-refractivity contribution >= 4 is 12.4 Å². The number of phenols is 2. The van der Waals surface area contributed by atoms with Gasteiger partial charge in [0.2, 0.25) is 0 Å². The van der Waals surface area contributed by atoms with E-state index in [0.29, 0.717) is 11.5 Å². The summed E-state index contributed by atoms with van der Waals surface area (Å²) < 4.78 is 0. The molecule has 0 aromatic heterocycles. The van der Waals surface area contributed by atoms with Crippen LogP contribution < -0.4 is 0 Å². The lowest BCUT2D eigenvalue weighted by atomic mass is 9.85. The molecule has 2 N–H and O–H groups in total. The molecular weight excluding hydrogens is 480 g/mol. The van der Waals surface area contributed by atoms with E-state index >= 15 is 0 Å². The molecule has 2 unspecified atom stereocenters. The van der Waals surface area contributed by atoms with Crippen LogP contribution in [0, 0.1) is 10.8 Å². The maximum absolute atomic E-state index is 11.0. The van der Waals surface area contributed by atoms with Crippen molar-refractivity contribution in [2.75, 3.05) is 0 Å². The molecular formula is C35H52N2O2. The minimum absolute atomic E-state index is 0.174. The van der Waals surface area contributed by atoms with Gasteiger partial charge in [0.1, 0.15) is 11.5 Å². The predicted molar refractivity (Wildman–Crippen MR) is 167 cm³/mol.